The van der Waals surface area contributed by atoms with Crippen LogP contribution in [0.1, 0.15) is 15.9 Å². The average Bonchev–Trinajstić information content (AvgIpc) is 2.41. The molecular formula is C14H14N2OS. The molecule has 0 saturated carbocycles. The van der Waals surface area contributed by atoms with Crippen molar-refractivity contribution >= 4 is 23.4 Å². The van der Waals surface area contributed by atoms with Gasteiger partial charge >= 0.3 is 0 Å². The molecule has 0 spiro atoms. The quantitative estimate of drug-likeness (QED) is 0.858. The molecule has 0 fully saturated rings. The van der Waals surface area contributed by atoms with Gasteiger partial charge in [0.25, 0.3) is 5.91 Å². The Morgan fingerprint density at radius 3 is 2.61 bits per heavy atom. The highest BCUT2D eigenvalue weighted by molar-refractivity contribution is 7.98. The van der Waals surface area contributed by atoms with Crippen LogP contribution in [0.4, 0.5) is 5.69 Å². The number of rotatable bonds is 3. The van der Waals surface area contributed by atoms with Crippen molar-refractivity contribution < 1.29 is 4.79 Å². The Kier molecular flexibility index (Phi) is 3.99. The lowest BCUT2D eigenvalue weighted by atomic mass is 10.2. The summed E-state index contributed by atoms with van der Waals surface area (Å²) in [4.78, 5) is 16.3. The molecule has 3 nitrogen and oxygen atoms in total. The van der Waals surface area contributed by atoms with Gasteiger partial charge in [0.1, 0.15) is 5.03 Å². The Morgan fingerprint density at radius 1 is 1.22 bits per heavy atom. The van der Waals surface area contributed by atoms with Gasteiger partial charge in [0.15, 0.2) is 0 Å². The summed E-state index contributed by atoms with van der Waals surface area (Å²) in [5, 5.41) is 3.61. The first-order valence-electron chi connectivity index (χ1n) is 5.58. The van der Waals surface area contributed by atoms with Gasteiger partial charge in [-0.1, -0.05) is 17.7 Å². The van der Waals surface area contributed by atoms with Crippen LogP contribution in [0.2, 0.25) is 0 Å². The lowest BCUT2D eigenvalue weighted by Crippen LogP contribution is -2.13. The number of aromatic nitrogens is 1. The lowest BCUT2D eigenvalue weighted by Gasteiger charge is -2.07. The third-order valence-corrected chi connectivity index (χ3v) is 3.23. The molecule has 0 saturated heterocycles. The molecular weight excluding hydrogens is 244 g/mol. The molecule has 0 aliphatic rings. The van der Waals surface area contributed by atoms with E-state index in [4.69, 9.17) is 0 Å². The molecule has 1 amide bonds. The zero-order valence-corrected chi connectivity index (χ0v) is 11.1. The number of hydrogen-bond donors (Lipinski definition) is 1. The molecule has 92 valence electrons. The van der Waals surface area contributed by atoms with Crippen molar-refractivity contribution in [3.63, 3.8) is 0 Å². The fourth-order valence-corrected chi connectivity index (χ4v) is 2.11. The molecule has 0 unspecified atom stereocenters. The van der Waals surface area contributed by atoms with E-state index in [0.717, 1.165) is 10.7 Å². The van der Waals surface area contributed by atoms with E-state index >= 15 is 0 Å². The number of nitrogens with zero attached hydrogens (tertiary/aromatic N) is 1. The van der Waals surface area contributed by atoms with Crippen LogP contribution in [-0.4, -0.2) is 17.1 Å². The van der Waals surface area contributed by atoms with Gasteiger partial charge in [-0.2, -0.15) is 0 Å². The summed E-state index contributed by atoms with van der Waals surface area (Å²) in [6, 6.07) is 11.3. The molecule has 2 rings (SSSR count). The first-order valence-corrected chi connectivity index (χ1v) is 6.80. The van der Waals surface area contributed by atoms with Crippen molar-refractivity contribution in [1.29, 1.82) is 0 Å². The molecule has 4 heteroatoms. The molecule has 0 aliphatic heterocycles. The molecule has 18 heavy (non-hydrogen) atoms. The van der Waals surface area contributed by atoms with E-state index < -0.39 is 0 Å². The summed E-state index contributed by atoms with van der Waals surface area (Å²) in [7, 11) is 0. The number of aryl methyl sites for hydroxylation is 1. The van der Waals surface area contributed by atoms with E-state index in [0.29, 0.717) is 5.56 Å². The van der Waals surface area contributed by atoms with E-state index in [1.54, 1.807) is 18.3 Å². The minimum atomic E-state index is -0.128. The van der Waals surface area contributed by atoms with E-state index in [-0.39, 0.29) is 5.91 Å². The second kappa shape index (κ2) is 5.69. The Balaban J connectivity index is 2.19. The van der Waals surface area contributed by atoms with Crippen LogP contribution < -0.4 is 5.32 Å². The molecule has 0 atom stereocenters. The van der Waals surface area contributed by atoms with Gasteiger partial charge in [0.05, 0.1) is 5.56 Å². The molecule has 0 bridgehead atoms. The van der Waals surface area contributed by atoms with Gasteiger partial charge in [-0.15, -0.1) is 11.8 Å². The predicted octanol–water partition coefficient (Wildman–Crippen LogP) is 3.36. The van der Waals surface area contributed by atoms with E-state index in [2.05, 4.69) is 10.3 Å². The topological polar surface area (TPSA) is 42.0 Å². The molecule has 0 radical (unpaired) electrons. The van der Waals surface area contributed by atoms with Crippen LogP contribution >= 0.6 is 11.8 Å². The minimum Gasteiger partial charge on any atom is -0.322 e. The van der Waals surface area contributed by atoms with E-state index in [9.17, 15) is 4.79 Å². The van der Waals surface area contributed by atoms with Crippen molar-refractivity contribution in [2.45, 2.75) is 11.9 Å². The lowest BCUT2D eigenvalue weighted by molar-refractivity contribution is 0.102. The summed E-state index contributed by atoms with van der Waals surface area (Å²) < 4.78 is 0. The van der Waals surface area contributed by atoms with Gasteiger partial charge in [0, 0.05) is 11.9 Å². The van der Waals surface area contributed by atoms with Crippen molar-refractivity contribution in [3.8, 4) is 0 Å². The first-order chi connectivity index (χ1) is 8.70. The standard InChI is InChI=1S/C14H14N2OS/c1-10-5-7-11(8-6-10)16-13(17)12-4-3-9-15-14(12)18-2/h3-9H,1-2H3,(H,16,17). The van der Waals surface area contributed by atoms with E-state index in [1.807, 2.05) is 37.4 Å². The Bertz CT molecular complexity index is 552. The van der Waals surface area contributed by atoms with Gasteiger partial charge in [-0.05, 0) is 37.4 Å². The maximum Gasteiger partial charge on any atom is 0.258 e. The normalized spacial score (nSPS) is 10.1. The molecule has 0 aliphatic carbocycles. The zero-order valence-electron chi connectivity index (χ0n) is 10.3. The molecule has 1 N–H and O–H groups in total. The van der Waals surface area contributed by atoms with E-state index in [1.165, 1.54) is 17.3 Å². The summed E-state index contributed by atoms with van der Waals surface area (Å²) >= 11 is 1.46. The number of benzene rings is 1. The number of thioether (sulfide) groups is 1. The third-order valence-electron chi connectivity index (χ3n) is 2.52. The van der Waals surface area contributed by atoms with Gasteiger partial charge in [-0.3, -0.25) is 4.79 Å². The molecule has 1 aromatic heterocycles. The van der Waals surface area contributed by atoms with Crippen molar-refractivity contribution in [2.24, 2.45) is 0 Å². The van der Waals surface area contributed by atoms with Crippen LogP contribution in [0, 0.1) is 6.92 Å². The Labute approximate surface area is 111 Å². The number of nitrogens with one attached hydrogen (secondary N) is 1. The number of carbonyl (C=O) groups is 1. The Hall–Kier alpha value is -1.81. The first kappa shape index (κ1) is 12.6. The summed E-state index contributed by atoms with van der Waals surface area (Å²) in [6.45, 7) is 2.01. The summed E-state index contributed by atoms with van der Waals surface area (Å²) in [5.41, 5.74) is 2.56. The van der Waals surface area contributed by atoms with Crippen LogP contribution in [0.25, 0.3) is 0 Å². The second-order valence-corrected chi connectivity index (χ2v) is 4.68. The molecule has 1 aromatic carbocycles. The fraction of sp³-hybridized carbons (Fsp3) is 0.143. The third kappa shape index (κ3) is 2.90. The monoisotopic (exact) mass is 258 g/mol. The highest BCUT2D eigenvalue weighted by atomic mass is 32.2. The number of pyridine rings is 1. The van der Waals surface area contributed by atoms with Crippen LogP contribution in [-0.2, 0) is 0 Å². The van der Waals surface area contributed by atoms with Gasteiger partial charge < -0.3 is 5.32 Å². The number of anilines is 1. The number of carbonyl (C=O) groups excluding carboxylic acids is 1. The van der Waals surface area contributed by atoms with Gasteiger partial charge in [-0.25, -0.2) is 4.98 Å². The van der Waals surface area contributed by atoms with Crippen LogP contribution in [0.3, 0.4) is 0 Å². The van der Waals surface area contributed by atoms with Crippen LogP contribution in [0.15, 0.2) is 47.6 Å². The average molecular weight is 258 g/mol. The van der Waals surface area contributed by atoms with Crippen molar-refractivity contribution in [3.05, 3.63) is 53.7 Å². The Morgan fingerprint density at radius 2 is 1.94 bits per heavy atom. The minimum absolute atomic E-state index is 0.128. The molecule has 1 heterocycles. The largest absolute Gasteiger partial charge is 0.322 e. The van der Waals surface area contributed by atoms with Gasteiger partial charge in [0.2, 0.25) is 0 Å². The maximum atomic E-state index is 12.1. The smallest absolute Gasteiger partial charge is 0.258 e. The number of amides is 1. The second-order valence-electron chi connectivity index (χ2n) is 3.88. The molecule has 2 aromatic rings. The highest BCUT2D eigenvalue weighted by Gasteiger charge is 2.11. The van der Waals surface area contributed by atoms with Crippen molar-refractivity contribution in [1.82, 2.24) is 4.98 Å². The zero-order chi connectivity index (χ0) is 13.0. The highest BCUT2D eigenvalue weighted by Crippen LogP contribution is 2.18. The fourth-order valence-electron chi connectivity index (χ4n) is 1.56. The SMILES string of the molecule is CSc1ncccc1C(=O)Nc1ccc(C)cc1. The van der Waals surface area contributed by atoms with Crippen LogP contribution in [0.5, 0.6) is 0 Å². The van der Waals surface area contributed by atoms with Crippen molar-refractivity contribution in [2.75, 3.05) is 11.6 Å². The number of hydrogen-bond acceptors (Lipinski definition) is 3. The predicted molar refractivity (Wildman–Crippen MR) is 75.2 cm³/mol. The maximum absolute atomic E-state index is 12.1. The summed E-state index contributed by atoms with van der Waals surface area (Å²) in [6.07, 6.45) is 3.60. The summed E-state index contributed by atoms with van der Waals surface area (Å²) in [5.74, 6) is -0.128.